The summed E-state index contributed by atoms with van der Waals surface area (Å²) < 4.78 is 13.3. The molecule has 4 atom stereocenters. The summed E-state index contributed by atoms with van der Waals surface area (Å²) in [4.78, 5) is 12.2. The van der Waals surface area contributed by atoms with Crippen LogP contribution in [0.1, 0.15) is 43.0 Å². The second-order valence-electron chi connectivity index (χ2n) is 6.37. The zero-order valence-corrected chi connectivity index (χ0v) is 11.7. The molecule has 108 valence electrons. The molecule has 20 heavy (non-hydrogen) atoms. The molecule has 0 radical (unpaired) electrons. The minimum atomic E-state index is -0.470. The maximum atomic E-state index is 13.3. The van der Waals surface area contributed by atoms with Crippen LogP contribution < -0.4 is 11.1 Å². The third kappa shape index (κ3) is 2.51. The molecular formula is C16H21FN2O. The van der Waals surface area contributed by atoms with Gasteiger partial charge in [0.1, 0.15) is 5.82 Å². The molecule has 0 aliphatic heterocycles. The van der Waals surface area contributed by atoms with Gasteiger partial charge in [-0.3, -0.25) is 4.79 Å². The second kappa shape index (κ2) is 5.08. The van der Waals surface area contributed by atoms with Gasteiger partial charge in [0.2, 0.25) is 0 Å². The van der Waals surface area contributed by atoms with E-state index in [0.29, 0.717) is 11.5 Å². The van der Waals surface area contributed by atoms with Gasteiger partial charge in [0, 0.05) is 17.3 Å². The Morgan fingerprint density at radius 1 is 1.35 bits per heavy atom. The van der Waals surface area contributed by atoms with E-state index in [1.165, 1.54) is 43.9 Å². The highest BCUT2D eigenvalue weighted by molar-refractivity contribution is 5.95. The molecule has 4 heteroatoms. The number of benzene rings is 1. The third-order valence-corrected chi connectivity index (χ3v) is 4.98. The number of amides is 1. The molecule has 0 saturated heterocycles. The van der Waals surface area contributed by atoms with E-state index in [2.05, 4.69) is 12.2 Å². The standard InChI is InChI=1S/C16H21FN2O/c1-9(15-5-10-2-3-11(15)4-10)19-16(20)12-6-13(17)8-14(18)7-12/h6-11,15H,2-5,18H2,1H3,(H,19,20). The summed E-state index contributed by atoms with van der Waals surface area (Å²) >= 11 is 0. The van der Waals surface area contributed by atoms with E-state index in [1.807, 2.05) is 0 Å². The van der Waals surface area contributed by atoms with Crippen molar-refractivity contribution < 1.29 is 9.18 Å². The fourth-order valence-electron chi connectivity index (χ4n) is 4.05. The third-order valence-electron chi connectivity index (χ3n) is 4.98. The SMILES string of the molecule is CC(NC(=O)c1cc(N)cc(F)c1)C1CC2CCC1C2. The Balaban J connectivity index is 1.66. The number of carbonyl (C=O) groups is 1. The first-order valence-electron chi connectivity index (χ1n) is 7.40. The maximum absolute atomic E-state index is 13.3. The molecule has 1 aromatic carbocycles. The molecule has 0 spiro atoms. The lowest BCUT2D eigenvalue weighted by atomic mass is 9.84. The first-order chi connectivity index (χ1) is 9.52. The number of hydrogen-bond donors (Lipinski definition) is 2. The first kappa shape index (κ1) is 13.4. The van der Waals surface area contributed by atoms with Crippen molar-refractivity contribution >= 4 is 11.6 Å². The highest BCUT2D eigenvalue weighted by Crippen LogP contribution is 2.49. The monoisotopic (exact) mass is 276 g/mol. The molecule has 3 N–H and O–H groups in total. The Kier molecular flexibility index (Phi) is 3.40. The van der Waals surface area contributed by atoms with Crippen LogP contribution in [0.2, 0.25) is 0 Å². The summed E-state index contributed by atoms with van der Waals surface area (Å²) in [6.45, 7) is 2.06. The maximum Gasteiger partial charge on any atom is 0.251 e. The summed E-state index contributed by atoms with van der Waals surface area (Å²) in [5, 5.41) is 3.02. The fraction of sp³-hybridized carbons (Fsp3) is 0.562. The van der Waals surface area contributed by atoms with Crippen LogP contribution in [0.3, 0.4) is 0 Å². The highest BCUT2D eigenvalue weighted by atomic mass is 19.1. The van der Waals surface area contributed by atoms with Crippen LogP contribution in [0.5, 0.6) is 0 Å². The Morgan fingerprint density at radius 2 is 2.15 bits per heavy atom. The van der Waals surface area contributed by atoms with Crippen molar-refractivity contribution in [1.82, 2.24) is 5.32 Å². The van der Waals surface area contributed by atoms with Gasteiger partial charge in [-0.15, -0.1) is 0 Å². The number of nitrogens with two attached hydrogens (primary N) is 1. The second-order valence-corrected chi connectivity index (χ2v) is 6.37. The lowest BCUT2D eigenvalue weighted by molar-refractivity contribution is 0.0915. The Morgan fingerprint density at radius 3 is 2.75 bits per heavy atom. The van der Waals surface area contributed by atoms with Crippen LogP contribution in [-0.2, 0) is 0 Å². The van der Waals surface area contributed by atoms with Gasteiger partial charge in [-0.25, -0.2) is 4.39 Å². The van der Waals surface area contributed by atoms with Crippen molar-refractivity contribution in [3.8, 4) is 0 Å². The van der Waals surface area contributed by atoms with Gasteiger partial charge in [-0.1, -0.05) is 6.42 Å². The minimum absolute atomic E-state index is 0.141. The number of fused-ring (bicyclic) bond motifs is 2. The van der Waals surface area contributed by atoms with Crippen LogP contribution in [0, 0.1) is 23.6 Å². The van der Waals surface area contributed by atoms with Crippen LogP contribution in [0.4, 0.5) is 10.1 Å². The van der Waals surface area contributed by atoms with Crippen molar-refractivity contribution in [2.45, 2.75) is 38.6 Å². The molecular weight excluding hydrogens is 255 g/mol. The van der Waals surface area contributed by atoms with Gasteiger partial charge in [0.25, 0.3) is 5.91 Å². The summed E-state index contributed by atoms with van der Waals surface area (Å²) in [6.07, 6.45) is 5.18. The fourth-order valence-corrected chi connectivity index (χ4v) is 4.05. The van der Waals surface area contributed by atoms with Crippen molar-refractivity contribution in [3.05, 3.63) is 29.6 Å². The molecule has 2 saturated carbocycles. The van der Waals surface area contributed by atoms with Gasteiger partial charge in [-0.2, -0.15) is 0 Å². The quantitative estimate of drug-likeness (QED) is 0.834. The largest absolute Gasteiger partial charge is 0.399 e. The average molecular weight is 276 g/mol. The van der Waals surface area contributed by atoms with Crippen molar-refractivity contribution in [2.24, 2.45) is 17.8 Å². The van der Waals surface area contributed by atoms with Crippen LogP contribution in [0.25, 0.3) is 0 Å². The topological polar surface area (TPSA) is 55.1 Å². The summed E-state index contributed by atoms with van der Waals surface area (Å²) in [5.41, 5.74) is 6.16. The molecule has 0 aromatic heterocycles. The van der Waals surface area contributed by atoms with Crippen LogP contribution in [0.15, 0.2) is 18.2 Å². The van der Waals surface area contributed by atoms with Gasteiger partial charge in [-0.05, 0) is 62.1 Å². The van der Waals surface area contributed by atoms with E-state index in [0.717, 1.165) is 11.8 Å². The highest BCUT2D eigenvalue weighted by Gasteiger charge is 2.42. The van der Waals surface area contributed by atoms with Crippen molar-refractivity contribution in [3.63, 3.8) is 0 Å². The van der Waals surface area contributed by atoms with Gasteiger partial charge >= 0.3 is 0 Å². The Hall–Kier alpha value is -1.58. The molecule has 2 aliphatic rings. The number of halogens is 1. The van der Waals surface area contributed by atoms with E-state index in [9.17, 15) is 9.18 Å². The minimum Gasteiger partial charge on any atom is -0.399 e. The van der Waals surface area contributed by atoms with Crippen molar-refractivity contribution in [1.29, 1.82) is 0 Å². The zero-order chi connectivity index (χ0) is 14.3. The molecule has 1 aromatic rings. The van der Waals surface area contributed by atoms with Crippen LogP contribution >= 0.6 is 0 Å². The smallest absolute Gasteiger partial charge is 0.251 e. The normalized spacial score (nSPS) is 29.4. The number of nitrogen functional groups attached to an aromatic ring is 1. The lowest BCUT2D eigenvalue weighted by Gasteiger charge is -2.28. The molecule has 0 heterocycles. The molecule has 3 nitrogen and oxygen atoms in total. The molecule has 3 rings (SSSR count). The summed E-state index contributed by atoms with van der Waals surface area (Å²) in [5.74, 6) is 1.49. The van der Waals surface area contributed by atoms with Gasteiger partial charge in [0.05, 0.1) is 0 Å². The predicted octanol–water partition coefficient (Wildman–Crippen LogP) is 2.96. The number of anilines is 1. The number of hydrogen-bond acceptors (Lipinski definition) is 2. The summed E-state index contributed by atoms with van der Waals surface area (Å²) in [7, 11) is 0. The molecule has 1 amide bonds. The number of nitrogens with one attached hydrogen (secondary N) is 1. The van der Waals surface area contributed by atoms with Crippen LogP contribution in [-0.4, -0.2) is 11.9 Å². The Labute approximate surface area is 118 Å². The molecule has 2 fully saturated rings. The molecule has 2 aliphatic carbocycles. The summed E-state index contributed by atoms with van der Waals surface area (Å²) in [6, 6.07) is 4.11. The van der Waals surface area contributed by atoms with E-state index in [-0.39, 0.29) is 17.6 Å². The lowest BCUT2D eigenvalue weighted by Crippen LogP contribution is -2.40. The van der Waals surface area contributed by atoms with E-state index in [1.54, 1.807) is 0 Å². The van der Waals surface area contributed by atoms with E-state index >= 15 is 0 Å². The number of rotatable bonds is 3. The number of carbonyl (C=O) groups excluding carboxylic acids is 1. The zero-order valence-electron chi connectivity index (χ0n) is 11.7. The van der Waals surface area contributed by atoms with Crippen molar-refractivity contribution in [2.75, 3.05) is 5.73 Å². The average Bonchev–Trinajstić information content (AvgIpc) is 2.99. The van der Waals surface area contributed by atoms with Gasteiger partial charge < -0.3 is 11.1 Å². The predicted molar refractivity (Wildman–Crippen MR) is 76.7 cm³/mol. The van der Waals surface area contributed by atoms with Gasteiger partial charge in [0.15, 0.2) is 0 Å². The van der Waals surface area contributed by atoms with E-state index < -0.39 is 5.82 Å². The van der Waals surface area contributed by atoms with E-state index in [4.69, 9.17) is 5.73 Å². The molecule has 2 bridgehead atoms. The first-order valence-corrected chi connectivity index (χ1v) is 7.40. The molecule has 4 unspecified atom stereocenters. The Bertz CT molecular complexity index is 511.